The predicted octanol–water partition coefficient (Wildman–Crippen LogP) is -6.11. The molecule has 67 valence electrons. The molecule has 0 unspecified atom stereocenters. The van der Waals surface area contributed by atoms with E-state index in [0.717, 1.165) is 10.5 Å². The lowest BCUT2D eigenvalue weighted by Crippen LogP contribution is -2.16. The molecule has 0 saturated carbocycles. The summed E-state index contributed by atoms with van der Waals surface area (Å²) >= 11 is 0. The Kier molecular flexibility index (Phi) is 12.2. The average Bonchev–Trinajstić information content (AvgIpc) is 2.03. The van der Waals surface area contributed by atoms with Crippen molar-refractivity contribution in [1.29, 1.82) is 0 Å². The van der Waals surface area contributed by atoms with Gasteiger partial charge in [0.15, 0.2) is 10.5 Å². The molecule has 0 aliphatic carbocycles. The molecule has 0 amide bonds. The van der Waals surface area contributed by atoms with Crippen LogP contribution in [0.15, 0.2) is 0 Å². The van der Waals surface area contributed by atoms with Crippen molar-refractivity contribution in [2.45, 2.75) is 0 Å². The Morgan fingerprint density at radius 1 is 0.909 bits per heavy atom. The molecule has 0 spiro atoms. The van der Waals surface area contributed by atoms with Crippen molar-refractivity contribution < 1.29 is 20.6 Å². The second-order valence-electron chi connectivity index (χ2n) is 1.58. The molecule has 0 N–H and O–H groups in total. The third-order valence-electron chi connectivity index (χ3n) is 0.701. The standard InChI is InChI=1S/H13O5Si6/c6-1-8-3-10-5-11-4-9-2-7/h6,8-11H2,7H3. The summed E-state index contributed by atoms with van der Waals surface area (Å²) in [6.07, 6.45) is 0. The average molecular weight is 262 g/mol. The zero-order chi connectivity index (χ0) is 8.36. The van der Waals surface area contributed by atoms with Gasteiger partial charge in [-0.15, -0.1) is 0 Å². The van der Waals surface area contributed by atoms with Gasteiger partial charge in [-0.25, -0.2) is 0 Å². The van der Waals surface area contributed by atoms with Crippen molar-refractivity contribution in [3.8, 4) is 0 Å². The van der Waals surface area contributed by atoms with Gasteiger partial charge in [-0.2, -0.15) is 0 Å². The molecule has 0 aliphatic rings. The van der Waals surface area contributed by atoms with Gasteiger partial charge < -0.3 is 20.6 Å². The largest absolute Gasteiger partial charge is 0.449 e. The predicted molar refractivity (Wildman–Crippen MR) is 58.1 cm³/mol. The highest BCUT2D eigenvalue weighted by Gasteiger charge is 1.90. The molecule has 0 aromatic rings. The molecule has 0 rings (SSSR count). The first-order chi connectivity index (χ1) is 5.41. The summed E-state index contributed by atoms with van der Waals surface area (Å²) in [5.74, 6) is 0. The van der Waals surface area contributed by atoms with Crippen molar-refractivity contribution in [1.82, 2.24) is 0 Å². The van der Waals surface area contributed by atoms with Crippen LogP contribution < -0.4 is 0 Å². The Hall–Kier alpha value is 1.10. The molecule has 11 heavy (non-hydrogen) atoms. The molecule has 0 atom stereocenters. The maximum absolute atomic E-state index is 5.20. The minimum absolute atomic E-state index is 0.671. The first-order valence-electron chi connectivity index (χ1n) is 3.01. The molecule has 0 aliphatic heterocycles. The first kappa shape index (κ1) is 12.1. The van der Waals surface area contributed by atoms with E-state index < -0.39 is 40.0 Å². The Morgan fingerprint density at radius 2 is 1.45 bits per heavy atom. The maximum Gasteiger partial charge on any atom is 0.286 e. The normalized spacial score (nSPS) is 15.0. The summed E-state index contributed by atoms with van der Waals surface area (Å²) in [7, 11) is -0.664. The fourth-order valence-corrected chi connectivity index (χ4v) is 7.94. The van der Waals surface area contributed by atoms with Crippen molar-refractivity contribution in [2.75, 3.05) is 0 Å². The summed E-state index contributed by atoms with van der Waals surface area (Å²) in [6.45, 7) is 0. The van der Waals surface area contributed by atoms with Gasteiger partial charge in [-0.3, -0.25) is 0 Å². The van der Waals surface area contributed by atoms with Crippen LogP contribution in [0.4, 0.5) is 0 Å². The van der Waals surface area contributed by atoms with E-state index in [1.54, 1.807) is 0 Å². The van der Waals surface area contributed by atoms with Gasteiger partial charge in [-0.1, -0.05) is 0 Å². The van der Waals surface area contributed by atoms with Crippen molar-refractivity contribution in [2.24, 2.45) is 0 Å². The second-order valence-corrected chi connectivity index (χ2v) is 11.4. The van der Waals surface area contributed by atoms with Gasteiger partial charge in [0.2, 0.25) is 0 Å². The highest BCUT2D eigenvalue weighted by molar-refractivity contribution is 6.46. The van der Waals surface area contributed by atoms with Gasteiger partial charge in [-0.05, 0) is 0 Å². The fourth-order valence-electron chi connectivity index (χ4n) is 0.362. The van der Waals surface area contributed by atoms with Crippen LogP contribution in [0.1, 0.15) is 0 Å². The Bertz CT molecular complexity index is 60.0. The molecule has 0 fully saturated rings. The lowest BCUT2D eigenvalue weighted by atomic mass is 15.7. The van der Waals surface area contributed by atoms with Crippen LogP contribution in [0.3, 0.4) is 0 Å². The van der Waals surface area contributed by atoms with Gasteiger partial charge >= 0.3 is 0 Å². The van der Waals surface area contributed by atoms with Gasteiger partial charge in [0.25, 0.3) is 40.0 Å². The van der Waals surface area contributed by atoms with E-state index in [1.165, 1.54) is 10.5 Å². The van der Waals surface area contributed by atoms with E-state index in [1.807, 2.05) is 0 Å². The minimum Gasteiger partial charge on any atom is -0.449 e. The monoisotopic (exact) mass is 261 g/mol. The number of rotatable bonds is 8. The highest BCUT2D eigenvalue weighted by atomic mass is 28.4. The Balaban J connectivity index is 2.69. The summed E-state index contributed by atoms with van der Waals surface area (Å²) in [4.78, 5) is 0. The van der Waals surface area contributed by atoms with Crippen LogP contribution in [0.5, 0.6) is 0 Å². The summed E-state index contributed by atoms with van der Waals surface area (Å²) in [6, 6.07) is 0. The van der Waals surface area contributed by atoms with Crippen molar-refractivity contribution in [3.05, 3.63) is 0 Å². The Labute approximate surface area is 81.8 Å². The maximum atomic E-state index is 5.20. The first-order valence-corrected chi connectivity index (χ1v) is 9.02. The number of hydrogen-bond donors (Lipinski definition) is 0. The van der Waals surface area contributed by atoms with Crippen LogP contribution in [0, 0.1) is 0 Å². The zero-order valence-electron chi connectivity index (χ0n) is 6.58. The Morgan fingerprint density at radius 3 is 2.00 bits per heavy atom. The lowest BCUT2D eigenvalue weighted by Gasteiger charge is -2.04. The molecule has 0 heterocycles. The topological polar surface area (TPSA) is 46.2 Å². The van der Waals surface area contributed by atoms with E-state index >= 15 is 0 Å². The van der Waals surface area contributed by atoms with E-state index in [9.17, 15) is 0 Å². The lowest BCUT2D eigenvalue weighted by molar-refractivity contribution is 0.391. The SMILES string of the molecule is [SiH2]O[SiH2]O[SiH2]O[SiH2]O[SiH2]O[SiH3]. The molecular formula is H13O5Si6. The fraction of sp³-hybridized carbons (Fsp3) is 0. The van der Waals surface area contributed by atoms with E-state index in [-0.39, 0.29) is 0 Å². The molecular weight excluding hydrogens is 249 g/mol. The van der Waals surface area contributed by atoms with Gasteiger partial charge in [0.1, 0.15) is 10.5 Å². The summed E-state index contributed by atoms with van der Waals surface area (Å²) in [5.41, 5.74) is 0. The highest BCUT2D eigenvalue weighted by Crippen LogP contribution is 1.72. The smallest absolute Gasteiger partial charge is 0.286 e. The quantitative estimate of drug-likeness (QED) is 0.322. The van der Waals surface area contributed by atoms with Crippen molar-refractivity contribution in [3.63, 3.8) is 0 Å². The van der Waals surface area contributed by atoms with Crippen molar-refractivity contribution >= 4 is 61.0 Å². The third kappa shape index (κ3) is 11.1. The number of hydrogen-bond acceptors (Lipinski definition) is 5. The molecule has 0 saturated heterocycles. The van der Waals surface area contributed by atoms with Crippen LogP contribution in [-0.2, 0) is 20.6 Å². The van der Waals surface area contributed by atoms with Crippen LogP contribution in [0.25, 0.3) is 0 Å². The molecule has 11 heteroatoms. The second kappa shape index (κ2) is 11.1. The zero-order valence-corrected chi connectivity index (χ0v) is 15.6. The third-order valence-corrected chi connectivity index (χ3v) is 6.31. The molecule has 0 aromatic heterocycles. The molecule has 0 bridgehead atoms. The summed E-state index contributed by atoms with van der Waals surface area (Å²) < 4.78 is 25.3. The van der Waals surface area contributed by atoms with E-state index in [0.29, 0.717) is 0 Å². The molecule has 0 aromatic carbocycles. The van der Waals surface area contributed by atoms with Gasteiger partial charge in [0.05, 0.1) is 0 Å². The van der Waals surface area contributed by atoms with E-state index in [4.69, 9.17) is 20.6 Å². The van der Waals surface area contributed by atoms with Crippen LogP contribution >= 0.6 is 0 Å². The minimum atomic E-state index is -0.772. The van der Waals surface area contributed by atoms with Gasteiger partial charge in [0, 0.05) is 0 Å². The summed E-state index contributed by atoms with van der Waals surface area (Å²) in [5, 5.41) is 0. The van der Waals surface area contributed by atoms with Crippen LogP contribution in [0.2, 0.25) is 0 Å². The molecule has 5 nitrogen and oxygen atoms in total. The van der Waals surface area contributed by atoms with E-state index in [2.05, 4.69) is 0 Å². The van der Waals surface area contributed by atoms with Crippen LogP contribution in [-0.4, -0.2) is 61.0 Å². The molecule has 1 radical (unpaired) electrons.